The summed E-state index contributed by atoms with van der Waals surface area (Å²) in [7, 11) is 0. The molecule has 0 aliphatic rings. The molecule has 0 bridgehead atoms. The summed E-state index contributed by atoms with van der Waals surface area (Å²) in [5, 5.41) is 6.53. The van der Waals surface area contributed by atoms with E-state index in [1.54, 1.807) is 0 Å². The van der Waals surface area contributed by atoms with Gasteiger partial charge in [-0.25, -0.2) is 4.79 Å². The largest absolute Gasteiger partial charge is 0.477 e. The molecule has 0 aromatic rings. The van der Waals surface area contributed by atoms with Crippen LogP contribution in [0.15, 0.2) is 10.7 Å². The van der Waals surface area contributed by atoms with Crippen LogP contribution in [0.25, 0.3) is 0 Å². The van der Waals surface area contributed by atoms with Gasteiger partial charge in [0.25, 0.3) is 0 Å². The summed E-state index contributed by atoms with van der Waals surface area (Å²) >= 11 is 4.69. The summed E-state index contributed by atoms with van der Waals surface area (Å²) < 4.78 is 34.6. The maximum Gasteiger partial charge on any atom is 0.432 e. The SMILES string of the molecule is NC(=C(Cl)C(=O)O)C(F)(F)F. The molecule has 3 nitrogen and oxygen atoms in total. The van der Waals surface area contributed by atoms with E-state index in [2.05, 4.69) is 17.3 Å². The standard InChI is InChI=1S/C4H3ClF3NO2/c5-1(3(10)11)2(9)4(6,7)8/h9H2,(H,10,11). The predicted octanol–water partition coefficient (Wildman–Crippen LogP) is 1.04. The van der Waals surface area contributed by atoms with Gasteiger partial charge in [0.05, 0.1) is 0 Å². The number of aliphatic carboxylic acids is 1. The van der Waals surface area contributed by atoms with E-state index in [4.69, 9.17) is 5.11 Å². The molecule has 64 valence electrons. The number of halogens is 4. The Balaban J connectivity index is 4.82. The highest BCUT2D eigenvalue weighted by Gasteiger charge is 2.35. The van der Waals surface area contributed by atoms with Gasteiger partial charge in [-0.15, -0.1) is 0 Å². The molecule has 0 rings (SSSR count). The zero-order valence-electron chi connectivity index (χ0n) is 4.94. The number of carboxylic acids is 1. The highest BCUT2D eigenvalue weighted by Crippen LogP contribution is 2.25. The third-order valence-electron chi connectivity index (χ3n) is 0.730. The van der Waals surface area contributed by atoms with Crippen LogP contribution in [0.3, 0.4) is 0 Å². The molecule has 0 aromatic heterocycles. The summed E-state index contributed by atoms with van der Waals surface area (Å²) in [6.45, 7) is 0. The van der Waals surface area contributed by atoms with Gasteiger partial charge in [-0.05, 0) is 0 Å². The van der Waals surface area contributed by atoms with Crippen LogP contribution >= 0.6 is 11.6 Å². The van der Waals surface area contributed by atoms with Gasteiger partial charge in [0.2, 0.25) is 0 Å². The normalized spacial score (nSPS) is 14.2. The molecule has 0 aliphatic heterocycles. The molecule has 0 unspecified atom stereocenters. The summed E-state index contributed by atoms with van der Waals surface area (Å²) in [6.07, 6.45) is -4.89. The Hall–Kier alpha value is -0.910. The van der Waals surface area contributed by atoms with Crippen molar-refractivity contribution in [2.75, 3.05) is 0 Å². The van der Waals surface area contributed by atoms with Gasteiger partial charge in [-0.2, -0.15) is 13.2 Å². The topological polar surface area (TPSA) is 63.3 Å². The van der Waals surface area contributed by atoms with Gasteiger partial charge in [-0.3, -0.25) is 0 Å². The fraction of sp³-hybridized carbons (Fsp3) is 0.250. The first kappa shape index (κ1) is 10.1. The maximum atomic E-state index is 11.5. The van der Waals surface area contributed by atoms with Crippen LogP contribution in [-0.4, -0.2) is 17.3 Å². The molecule has 0 saturated heterocycles. The first-order chi connectivity index (χ1) is 4.76. The molecule has 0 heterocycles. The Morgan fingerprint density at radius 1 is 1.45 bits per heavy atom. The summed E-state index contributed by atoms with van der Waals surface area (Å²) in [6, 6.07) is 0. The second-order valence-corrected chi connectivity index (χ2v) is 1.91. The van der Waals surface area contributed by atoms with Crippen LogP contribution in [0.2, 0.25) is 0 Å². The van der Waals surface area contributed by atoms with E-state index in [1.165, 1.54) is 0 Å². The minimum absolute atomic E-state index is 1.42. The number of nitrogens with two attached hydrogens (primary N) is 1. The Morgan fingerprint density at radius 2 is 1.82 bits per heavy atom. The van der Waals surface area contributed by atoms with Crippen LogP contribution in [-0.2, 0) is 4.79 Å². The summed E-state index contributed by atoms with van der Waals surface area (Å²) in [4.78, 5) is 9.82. The van der Waals surface area contributed by atoms with Crippen LogP contribution in [0.1, 0.15) is 0 Å². The summed E-state index contributed by atoms with van der Waals surface area (Å²) in [5.41, 5.74) is 2.54. The first-order valence-electron chi connectivity index (χ1n) is 2.22. The first-order valence-corrected chi connectivity index (χ1v) is 2.60. The number of hydrogen-bond donors (Lipinski definition) is 2. The molecule has 0 saturated carbocycles. The number of alkyl halides is 3. The third kappa shape index (κ3) is 2.67. The fourth-order valence-corrected chi connectivity index (χ4v) is 0.347. The number of carboxylic acid groups (broad SMARTS) is 1. The molecule has 0 spiro atoms. The number of carbonyl (C=O) groups is 1. The Bertz CT molecular complexity index is 210. The lowest BCUT2D eigenvalue weighted by Crippen LogP contribution is -2.22. The van der Waals surface area contributed by atoms with E-state index in [0.717, 1.165) is 0 Å². The molecular weight excluding hydrogens is 186 g/mol. The van der Waals surface area contributed by atoms with Crippen LogP contribution in [0.5, 0.6) is 0 Å². The fourth-order valence-electron chi connectivity index (χ4n) is 0.240. The highest BCUT2D eigenvalue weighted by molar-refractivity contribution is 6.41. The van der Waals surface area contributed by atoms with Gasteiger partial charge in [0.1, 0.15) is 5.70 Å². The molecule has 3 N–H and O–H groups in total. The van der Waals surface area contributed by atoms with E-state index in [0.29, 0.717) is 0 Å². The maximum absolute atomic E-state index is 11.5. The van der Waals surface area contributed by atoms with Crippen molar-refractivity contribution in [2.45, 2.75) is 6.18 Å². The number of rotatable bonds is 1. The quantitative estimate of drug-likeness (QED) is 0.606. The molecule has 11 heavy (non-hydrogen) atoms. The van der Waals surface area contributed by atoms with E-state index in [-0.39, 0.29) is 0 Å². The molecule has 0 atom stereocenters. The minimum atomic E-state index is -4.89. The van der Waals surface area contributed by atoms with Crippen molar-refractivity contribution in [3.05, 3.63) is 10.7 Å². The molecule has 7 heteroatoms. The lowest BCUT2D eigenvalue weighted by molar-refractivity contribution is -0.133. The molecule has 0 aliphatic carbocycles. The van der Waals surface area contributed by atoms with Crippen molar-refractivity contribution in [1.29, 1.82) is 0 Å². The number of hydrogen-bond acceptors (Lipinski definition) is 2. The third-order valence-corrected chi connectivity index (χ3v) is 1.09. The Kier molecular flexibility index (Phi) is 2.75. The van der Waals surface area contributed by atoms with Crippen molar-refractivity contribution in [3.8, 4) is 0 Å². The average Bonchev–Trinajstić information content (AvgIpc) is 1.82. The van der Waals surface area contributed by atoms with Crippen LogP contribution in [0.4, 0.5) is 13.2 Å². The van der Waals surface area contributed by atoms with E-state index in [1.807, 2.05) is 0 Å². The van der Waals surface area contributed by atoms with Crippen molar-refractivity contribution in [2.24, 2.45) is 5.73 Å². The molecule has 0 fully saturated rings. The predicted molar refractivity (Wildman–Crippen MR) is 30.8 cm³/mol. The van der Waals surface area contributed by atoms with E-state index >= 15 is 0 Å². The monoisotopic (exact) mass is 189 g/mol. The van der Waals surface area contributed by atoms with Gasteiger partial charge < -0.3 is 10.8 Å². The van der Waals surface area contributed by atoms with Gasteiger partial charge in [0, 0.05) is 0 Å². The second kappa shape index (κ2) is 3.00. The van der Waals surface area contributed by atoms with Crippen molar-refractivity contribution >= 4 is 17.6 Å². The van der Waals surface area contributed by atoms with Crippen LogP contribution in [0, 0.1) is 0 Å². The lowest BCUT2D eigenvalue weighted by atomic mass is 10.4. The Morgan fingerprint density at radius 3 is 1.91 bits per heavy atom. The number of allylic oxidation sites excluding steroid dienone is 1. The average molecular weight is 190 g/mol. The van der Waals surface area contributed by atoms with Crippen molar-refractivity contribution in [1.82, 2.24) is 0 Å². The minimum Gasteiger partial charge on any atom is -0.477 e. The van der Waals surface area contributed by atoms with Gasteiger partial charge in [0.15, 0.2) is 5.03 Å². The van der Waals surface area contributed by atoms with Gasteiger partial charge >= 0.3 is 12.1 Å². The molecule has 0 radical (unpaired) electrons. The van der Waals surface area contributed by atoms with Crippen molar-refractivity contribution in [3.63, 3.8) is 0 Å². The highest BCUT2D eigenvalue weighted by atomic mass is 35.5. The Labute approximate surface area is 64.2 Å². The van der Waals surface area contributed by atoms with E-state index < -0.39 is 22.9 Å². The van der Waals surface area contributed by atoms with Crippen molar-refractivity contribution < 1.29 is 23.1 Å². The molecular formula is C4H3ClF3NO2. The van der Waals surface area contributed by atoms with Crippen LogP contribution < -0.4 is 5.73 Å². The second-order valence-electron chi connectivity index (χ2n) is 1.53. The molecule has 0 aromatic carbocycles. The lowest BCUT2D eigenvalue weighted by Gasteiger charge is -2.05. The van der Waals surface area contributed by atoms with E-state index in [9.17, 15) is 18.0 Å². The zero-order chi connectivity index (χ0) is 9.23. The zero-order valence-corrected chi connectivity index (χ0v) is 5.70. The van der Waals surface area contributed by atoms with Gasteiger partial charge in [-0.1, -0.05) is 11.6 Å². The smallest absolute Gasteiger partial charge is 0.432 e. The molecule has 0 amide bonds. The summed E-state index contributed by atoms with van der Waals surface area (Å²) in [5.74, 6) is -1.90.